The molecule has 21 heavy (non-hydrogen) atoms. The van der Waals surface area contributed by atoms with Gasteiger partial charge in [-0.15, -0.1) is 0 Å². The van der Waals surface area contributed by atoms with E-state index in [1.54, 1.807) is 25.3 Å². The van der Waals surface area contributed by atoms with Crippen molar-refractivity contribution in [2.24, 2.45) is 5.92 Å². The van der Waals surface area contributed by atoms with Gasteiger partial charge in [0, 0.05) is 12.5 Å². The first-order chi connectivity index (χ1) is 10.0. The van der Waals surface area contributed by atoms with Gasteiger partial charge in [0.15, 0.2) is 0 Å². The highest BCUT2D eigenvalue weighted by Crippen LogP contribution is 2.24. The molecule has 5 heteroatoms. The van der Waals surface area contributed by atoms with E-state index in [4.69, 9.17) is 10.5 Å². The van der Waals surface area contributed by atoms with Crippen LogP contribution in [-0.2, 0) is 4.79 Å². The zero-order valence-corrected chi connectivity index (χ0v) is 14.0. The van der Waals surface area contributed by atoms with Crippen molar-refractivity contribution in [3.05, 3.63) is 18.2 Å². The highest BCUT2D eigenvalue weighted by molar-refractivity contribution is 7.99. The number of amides is 1. The molecule has 1 aromatic rings. The normalized spacial score (nSPS) is 10.7. The molecule has 0 saturated carbocycles. The number of anilines is 2. The van der Waals surface area contributed by atoms with E-state index >= 15 is 0 Å². The summed E-state index contributed by atoms with van der Waals surface area (Å²) < 4.78 is 5.08. The maximum Gasteiger partial charge on any atom is 0.224 e. The minimum Gasteiger partial charge on any atom is -0.497 e. The molecule has 1 amide bonds. The number of hydrogen-bond acceptors (Lipinski definition) is 4. The number of rotatable bonds is 9. The Balaban J connectivity index is 2.24. The van der Waals surface area contributed by atoms with Crippen LogP contribution in [0.25, 0.3) is 0 Å². The molecule has 118 valence electrons. The fourth-order valence-electron chi connectivity index (χ4n) is 1.75. The number of nitrogen functional groups attached to an aromatic ring is 1. The van der Waals surface area contributed by atoms with E-state index in [2.05, 4.69) is 19.2 Å². The molecule has 0 aliphatic carbocycles. The van der Waals surface area contributed by atoms with Crippen LogP contribution in [0.15, 0.2) is 18.2 Å². The highest BCUT2D eigenvalue weighted by Gasteiger charge is 2.06. The monoisotopic (exact) mass is 310 g/mol. The minimum atomic E-state index is 0.0105. The highest BCUT2D eigenvalue weighted by atomic mass is 32.2. The van der Waals surface area contributed by atoms with Gasteiger partial charge in [-0.05, 0) is 42.4 Å². The van der Waals surface area contributed by atoms with Crippen molar-refractivity contribution in [3.63, 3.8) is 0 Å². The zero-order valence-electron chi connectivity index (χ0n) is 13.1. The van der Waals surface area contributed by atoms with E-state index < -0.39 is 0 Å². The zero-order chi connectivity index (χ0) is 15.7. The molecule has 0 bridgehead atoms. The number of thioether (sulfide) groups is 1. The Labute approximate surface area is 131 Å². The van der Waals surface area contributed by atoms with E-state index in [-0.39, 0.29) is 5.91 Å². The van der Waals surface area contributed by atoms with Crippen LogP contribution < -0.4 is 15.8 Å². The van der Waals surface area contributed by atoms with Crippen molar-refractivity contribution in [1.29, 1.82) is 0 Å². The average molecular weight is 310 g/mol. The van der Waals surface area contributed by atoms with Crippen molar-refractivity contribution in [2.75, 3.05) is 29.7 Å². The molecule has 3 N–H and O–H groups in total. The summed E-state index contributed by atoms with van der Waals surface area (Å²) >= 11 is 1.92. The molecular weight excluding hydrogens is 284 g/mol. The van der Waals surface area contributed by atoms with E-state index in [1.807, 2.05) is 11.8 Å². The van der Waals surface area contributed by atoms with Gasteiger partial charge in [-0.1, -0.05) is 13.8 Å². The molecule has 0 saturated heterocycles. The fraction of sp³-hybridized carbons (Fsp3) is 0.562. The SMILES string of the molecule is COc1ccc(NC(=O)CCCSCCC(C)C)c(N)c1. The number of carbonyl (C=O) groups is 1. The summed E-state index contributed by atoms with van der Waals surface area (Å²) in [5.41, 5.74) is 7.04. The predicted octanol–water partition coefficient (Wildman–Crippen LogP) is 3.78. The van der Waals surface area contributed by atoms with Gasteiger partial charge in [0.2, 0.25) is 5.91 Å². The van der Waals surface area contributed by atoms with E-state index in [1.165, 1.54) is 12.2 Å². The smallest absolute Gasteiger partial charge is 0.224 e. The van der Waals surface area contributed by atoms with Crippen molar-refractivity contribution < 1.29 is 9.53 Å². The minimum absolute atomic E-state index is 0.0105. The van der Waals surface area contributed by atoms with E-state index in [9.17, 15) is 4.79 Å². The van der Waals surface area contributed by atoms with Crippen LogP contribution in [-0.4, -0.2) is 24.5 Å². The van der Waals surface area contributed by atoms with Crippen LogP contribution in [0.3, 0.4) is 0 Å². The second kappa shape index (κ2) is 9.55. The van der Waals surface area contributed by atoms with Crippen molar-refractivity contribution in [3.8, 4) is 5.75 Å². The number of hydrogen-bond donors (Lipinski definition) is 2. The lowest BCUT2D eigenvalue weighted by molar-refractivity contribution is -0.116. The van der Waals surface area contributed by atoms with Gasteiger partial charge in [0.05, 0.1) is 18.5 Å². The second-order valence-corrected chi connectivity index (χ2v) is 6.62. The van der Waals surface area contributed by atoms with Crippen molar-refractivity contribution >= 4 is 29.0 Å². The predicted molar refractivity (Wildman–Crippen MR) is 92.1 cm³/mol. The van der Waals surface area contributed by atoms with Gasteiger partial charge < -0.3 is 15.8 Å². The van der Waals surface area contributed by atoms with Crippen LogP contribution in [0.1, 0.15) is 33.1 Å². The standard InChI is InChI=1S/C16H26N2O2S/c1-12(2)8-10-21-9-4-5-16(19)18-15-7-6-13(20-3)11-14(15)17/h6-7,11-12H,4-5,8-10,17H2,1-3H3,(H,18,19). The Morgan fingerprint density at radius 3 is 2.76 bits per heavy atom. The van der Waals surface area contributed by atoms with Gasteiger partial charge in [-0.3, -0.25) is 4.79 Å². The topological polar surface area (TPSA) is 64.3 Å². The average Bonchev–Trinajstić information content (AvgIpc) is 2.44. The van der Waals surface area contributed by atoms with Crippen LogP contribution in [0.2, 0.25) is 0 Å². The summed E-state index contributed by atoms with van der Waals surface area (Å²) in [5.74, 6) is 3.64. The molecular formula is C16H26N2O2S. The lowest BCUT2D eigenvalue weighted by Gasteiger charge is -2.09. The molecule has 0 heterocycles. The van der Waals surface area contributed by atoms with Gasteiger partial charge >= 0.3 is 0 Å². The van der Waals surface area contributed by atoms with Crippen molar-refractivity contribution in [2.45, 2.75) is 33.1 Å². The first-order valence-corrected chi connectivity index (χ1v) is 8.49. The van der Waals surface area contributed by atoms with Gasteiger partial charge in [0.25, 0.3) is 0 Å². The summed E-state index contributed by atoms with van der Waals surface area (Å²) in [5, 5.41) is 2.84. The van der Waals surface area contributed by atoms with Crippen LogP contribution in [0.4, 0.5) is 11.4 Å². The molecule has 4 nitrogen and oxygen atoms in total. The summed E-state index contributed by atoms with van der Waals surface area (Å²) in [4.78, 5) is 11.9. The molecule has 0 aromatic heterocycles. The molecule has 1 aromatic carbocycles. The molecule has 1 rings (SSSR count). The number of carbonyl (C=O) groups excluding carboxylic acids is 1. The van der Waals surface area contributed by atoms with E-state index in [0.717, 1.165) is 18.1 Å². The largest absolute Gasteiger partial charge is 0.497 e. The summed E-state index contributed by atoms with van der Waals surface area (Å²) in [7, 11) is 1.59. The molecule has 0 fully saturated rings. The van der Waals surface area contributed by atoms with Gasteiger partial charge in [0.1, 0.15) is 5.75 Å². The summed E-state index contributed by atoms with van der Waals surface area (Å²) in [6.45, 7) is 4.46. The summed E-state index contributed by atoms with van der Waals surface area (Å²) in [6.07, 6.45) is 2.66. The Hall–Kier alpha value is -1.36. The second-order valence-electron chi connectivity index (χ2n) is 5.40. The Kier molecular flexibility index (Phi) is 8.05. The van der Waals surface area contributed by atoms with Crippen LogP contribution in [0.5, 0.6) is 5.75 Å². The molecule has 0 atom stereocenters. The first-order valence-electron chi connectivity index (χ1n) is 7.34. The van der Waals surface area contributed by atoms with Crippen LogP contribution in [0, 0.1) is 5.92 Å². The van der Waals surface area contributed by atoms with Crippen molar-refractivity contribution in [1.82, 2.24) is 0 Å². The molecule has 0 aliphatic heterocycles. The number of methoxy groups -OCH3 is 1. The molecule has 0 unspecified atom stereocenters. The number of ether oxygens (including phenoxy) is 1. The van der Waals surface area contributed by atoms with E-state index in [0.29, 0.717) is 23.5 Å². The lowest BCUT2D eigenvalue weighted by atomic mass is 10.2. The van der Waals surface area contributed by atoms with Gasteiger partial charge in [-0.2, -0.15) is 11.8 Å². The summed E-state index contributed by atoms with van der Waals surface area (Å²) in [6, 6.07) is 5.26. The third-order valence-corrected chi connectivity index (χ3v) is 4.17. The maximum atomic E-state index is 11.9. The molecule has 0 aliphatic rings. The third kappa shape index (κ3) is 7.27. The number of nitrogens with two attached hydrogens (primary N) is 1. The van der Waals surface area contributed by atoms with Crippen LogP contribution >= 0.6 is 11.8 Å². The Morgan fingerprint density at radius 2 is 2.14 bits per heavy atom. The van der Waals surface area contributed by atoms with Gasteiger partial charge in [-0.25, -0.2) is 0 Å². The Morgan fingerprint density at radius 1 is 1.38 bits per heavy atom. The number of nitrogens with one attached hydrogen (secondary N) is 1. The fourth-order valence-corrected chi connectivity index (χ4v) is 2.94. The third-order valence-electron chi connectivity index (χ3n) is 3.06. The molecule has 0 spiro atoms. The Bertz CT molecular complexity index is 450. The maximum absolute atomic E-state index is 11.9. The molecule has 0 radical (unpaired) electrons. The lowest BCUT2D eigenvalue weighted by Crippen LogP contribution is -2.13. The first kappa shape index (κ1) is 17.7. The number of benzene rings is 1. The quantitative estimate of drug-likeness (QED) is 0.538.